The van der Waals surface area contributed by atoms with E-state index in [2.05, 4.69) is 25.7 Å². The number of rotatable bonds is 1. The van der Waals surface area contributed by atoms with Crippen LogP contribution in [0.25, 0.3) is 0 Å². The van der Waals surface area contributed by atoms with E-state index in [1.54, 1.807) is 0 Å². The molecule has 2 rings (SSSR count). The second-order valence-corrected chi connectivity index (χ2v) is 9.02. The Morgan fingerprint density at radius 1 is 1.09 bits per heavy atom. The smallest absolute Gasteiger partial charge is 0.163 e. The minimum absolute atomic E-state index is 1.29. The van der Waals surface area contributed by atoms with E-state index in [9.17, 15) is 0 Å². The highest BCUT2D eigenvalue weighted by Crippen LogP contribution is 2.45. The Kier molecular flexibility index (Phi) is 2.29. The minimum Gasteiger partial charge on any atom is -0.166 e. The summed E-state index contributed by atoms with van der Waals surface area (Å²) in [5, 5.41) is 0. The van der Waals surface area contributed by atoms with Gasteiger partial charge in [-0.1, -0.05) is 12.8 Å². The molecule has 0 aromatic rings. The van der Waals surface area contributed by atoms with Gasteiger partial charge < -0.3 is 0 Å². The zero-order chi connectivity index (χ0) is 7.73. The summed E-state index contributed by atoms with van der Waals surface area (Å²) in [7, 11) is -1.44. The van der Waals surface area contributed by atoms with E-state index in [0.29, 0.717) is 0 Å². The summed E-state index contributed by atoms with van der Waals surface area (Å²) in [5.74, 6) is 0. The highest BCUT2D eigenvalue weighted by molar-refractivity contribution is 7.24. The van der Waals surface area contributed by atoms with Crippen LogP contribution in [-0.4, -0.2) is 7.38 Å². The third kappa shape index (κ3) is 1.50. The van der Waals surface area contributed by atoms with E-state index in [1.165, 1.54) is 30.5 Å². The molecule has 2 fully saturated rings. The highest BCUT2D eigenvalue weighted by atomic mass is 35.6. The molecule has 1 saturated heterocycles. The average molecular weight is 184 g/mol. The fourth-order valence-corrected chi connectivity index (χ4v) is 6.31. The summed E-state index contributed by atoms with van der Waals surface area (Å²) in [4.78, 5) is 0. The van der Waals surface area contributed by atoms with Gasteiger partial charge in [0.1, 0.15) is 0 Å². The maximum atomic E-state index is 6.58. The molecule has 0 spiro atoms. The van der Waals surface area contributed by atoms with E-state index < -0.39 is 7.38 Å². The predicted octanol–water partition coefficient (Wildman–Crippen LogP) is 2.91. The van der Waals surface area contributed by atoms with Gasteiger partial charge in [-0.15, -0.1) is 0 Å². The van der Waals surface area contributed by atoms with Crippen LogP contribution in [0.5, 0.6) is 0 Å². The fourth-order valence-electron chi connectivity index (χ4n) is 1.90. The van der Waals surface area contributed by atoms with Crippen LogP contribution in [0.2, 0.25) is 12.1 Å². The van der Waals surface area contributed by atoms with Crippen molar-refractivity contribution in [2.24, 2.45) is 0 Å². The fraction of sp³-hybridized carbons (Fsp3) is 0.444. The second kappa shape index (κ2) is 3.10. The molecule has 11 heavy (non-hydrogen) atoms. The minimum atomic E-state index is -1.44. The molecule has 2 heteroatoms. The number of hydrogen-bond donors (Lipinski definition) is 0. The Morgan fingerprint density at radius 2 is 1.64 bits per heavy atom. The summed E-state index contributed by atoms with van der Waals surface area (Å²) in [5.41, 5.74) is 1.46. The van der Waals surface area contributed by atoms with Crippen LogP contribution in [0.4, 0.5) is 0 Å². The summed E-state index contributed by atoms with van der Waals surface area (Å²) in [6, 6.07) is 2.58. The van der Waals surface area contributed by atoms with Gasteiger partial charge in [0.25, 0.3) is 0 Å². The quantitative estimate of drug-likeness (QED) is 0.433. The standard InChI is InChI=1S/C9H12ClSi/c10-11(7-3-4-8-11)9-5-1-2-6-9/h1-2,5-6H,3-4,7-8H2. The van der Waals surface area contributed by atoms with Gasteiger partial charge in [0.05, 0.1) is 0 Å². The van der Waals surface area contributed by atoms with Crippen molar-refractivity contribution in [2.75, 3.05) is 0 Å². The van der Waals surface area contributed by atoms with E-state index in [1.807, 2.05) is 0 Å². The monoisotopic (exact) mass is 183 g/mol. The molecule has 1 aliphatic carbocycles. The molecule has 1 aliphatic heterocycles. The Bertz CT molecular complexity index is 134. The lowest BCUT2D eigenvalue weighted by atomic mass is 10.4. The van der Waals surface area contributed by atoms with Crippen molar-refractivity contribution in [1.82, 2.24) is 0 Å². The molecule has 0 amide bonds. The topological polar surface area (TPSA) is 0 Å². The molecule has 0 N–H and O–H groups in total. The lowest BCUT2D eigenvalue weighted by molar-refractivity contribution is 0.935. The van der Waals surface area contributed by atoms with Crippen LogP contribution in [0, 0.1) is 31.2 Å². The Hall–Kier alpha value is 0.507. The summed E-state index contributed by atoms with van der Waals surface area (Å²) < 4.78 is 0. The summed E-state index contributed by atoms with van der Waals surface area (Å²) in [6.45, 7) is 0. The molecule has 0 aromatic carbocycles. The maximum absolute atomic E-state index is 6.58. The zero-order valence-electron chi connectivity index (χ0n) is 6.52. The van der Waals surface area contributed by atoms with Gasteiger partial charge in [-0.25, -0.2) is 0 Å². The first-order valence-electron chi connectivity index (χ1n) is 4.22. The molecule has 1 saturated carbocycles. The Balaban J connectivity index is 2.00. The molecule has 0 unspecified atom stereocenters. The maximum Gasteiger partial charge on any atom is 0.163 e. The first-order chi connectivity index (χ1) is 5.31. The lowest BCUT2D eigenvalue weighted by Crippen LogP contribution is -2.31. The Labute approximate surface area is 75.0 Å². The van der Waals surface area contributed by atoms with Crippen molar-refractivity contribution in [1.29, 1.82) is 0 Å². The molecule has 0 aromatic heterocycles. The van der Waals surface area contributed by atoms with Gasteiger partial charge in [-0.05, 0) is 43.3 Å². The van der Waals surface area contributed by atoms with Gasteiger partial charge >= 0.3 is 0 Å². The third-order valence-corrected chi connectivity index (χ3v) is 8.02. The van der Waals surface area contributed by atoms with Gasteiger partial charge in [0.15, 0.2) is 7.38 Å². The van der Waals surface area contributed by atoms with E-state index >= 15 is 0 Å². The molecule has 0 atom stereocenters. The van der Waals surface area contributed by atoms with E-state index in [0.717, 1.165) is 0 Å². The van der Waals surface area contributed by atoms with Gasteiger partial charge in [0, 0.05) is 0 Å². The molecule has 1 heterocycles. The molecular formula is C9H12ClSi. The summed E-state index contributed by atoms with van der Waals surface area (Å²) in [6.07, 6.45) is 11.3. The van der Waals surface area contributed by atoms with Crippen LogP contribution < -0.4 is 0 Å². The molecule has 0 bridgehead atoms. The van der Waals surface area contributed by atoms with Gasteiger partial charge in [0.2, 0.25) is 0 Å². The van der Waals surface area contributed by atoms with Crippen LogP contribution in [0.1, 0.15) is 12.8 Å². The SMILES string of the molecule is Cl[Si]1([C]2[CH][CH][CH][CH]2)CCCC1. The Morgan fingerprint density at radius 3 is 2.18 bits per heavy atom. The molecule has 5 radical (unpaired) electrons. The van der Waals surface area contributed by atoms with Crippen molar-refractivity contribution < 1.29 is 0 Å². The van der Waals surface area contributed by atoms with Crippen molar-refractivity contribution >= 4 is 18.5 Å². The van der Waals surface area contributed by atoms with Gasteiger partial charge in [-0.2, -0.15) is 11.1 Å². The first-order valence-corrected chi connectivity index (χ1v) is 7.65. The van der Waals surface area contributed by atoms with E-state index in [4.69, 9.17) is 11.1 Å². The van der Waals surface area contributed by atoms with E-state index in [-0.39, 0.29) is 0 Å². The molecule has 2 aliphatic rings. The average Bonchev–Trinajstić information content (AvgIpc) is 2.55. The predicted molar refractivity (Wildman–Crippen MR) is 50.9 cm³/mol. The second-order valence-electron chi connectivity index (χ2n) is 3.35. The van der Waals surface area contributed by atoms with Gasteiger partial charge in [-0.3, -0.25) is 0 Å². The molecule has 59 valence electrons. The van der Waals surface area contributed by atoms with Crippen LogP contribution in [0.15, 0.2) is 0 Å². The largest absolute Gasteiger partial charge is 0.166 e. The van der Waals surface area contributed by atoms with Crippen molar-refractivity contribution in [2.45, 2.75) is 24.9 Å². The van der Waals surface area contributed by atoms with Crippen LogP contribution in [-0.2, 0) is 0 Å². The third-order valence-electron chi connectivity index (χ3n) is 2.58. The number of halogens is 1. The molecule has 0 nitrogen and oxygen atoms in total. The van der Waals surface area contributed by atoms with Crippen molar-refractivity contribution in [3.05, 3.63) is 31.2 Å². The number of hydrogen-bond acceptors (Lipinski definition) is 0. The van der Waals surface area contributed by atoms with Crippen molar-refractivity contribution in [3.63, 3.8) is 0 Å². The van der Waals surface area contributed by atoms with Crippen LogP contribution in [0.3, 0.4) is 0 Å². The normalized spacial score (nSPS) is 31.4. The highest BCUT2D eigenvalue weighted by Gasteiger charge is 2.43. The van der Waals surface area contributed by atoms with Crippen LogP contribution >= 0.6 is 11.1 Å². The van der Waals surface area contributed by atoms with Crippen molar-refractivity contribution in [3.8, 4) is 0 Å². The summed E-state index contributed by atoms with van der Waals surface area (Å²) >= 11 is 6.58. The zero-order valence-corrected chi connectivity index (χ0v) is 8.27. The first kappa shape index (κ1) is 8.12. The lowest BCUT2D eigenvalue weighted by Gasteiger charge is -2.24. The molecular weight excluding hydrogens is 172 g/mol.